The van der Waals surface area contributed by atoms with E-state index in [0.717, 1.165) is 11.3 Å². The Morgan fingerprint density at radius 1 is 1.26 bits per heavy atom. The number of thiophene rings is 1. The Bertz CT molecular complexity index is 755. The van der Waals surface area contributed by atoms with Crippen LogP contribution in [0.15, 0.2) is 48.0 Å². The summed E-state index contributed by atoms with van der Waals surface area (Å²) in [7, 11) is 0. The fraction of sp³-hybridized carbons (Fsp3) is 0.0667. The van der Waals surface area contributed by atoms with Crippen molar-refractivity contribution in [2.45, 2.75) is 6.54 Å². The summed E-state index contributed by atoms with van der Waals surface area (Å²) < 4.78 is 1.28. The largest absolute Gasteiger partial charge is 0.381 e. The maximum atomic E-state index is 8.99. The van der Waals surface area contributed by atoms with Gasteiger partial charge in [0.25, 0.3) is 0 Å². The molecule has 0 unspecified atom stereocenters. The highest BCUT2D eigenvalue weighted by molar-refractivity contribution is 7.17. The first kappa shape index (κ1) is 11.7. The second-order valence-electron chi connectivity index (χ2n) is 4.15. The van der Waals surface area contributed by atoms with E-state index in [4.69, 9.17) is 5.26 Å². The van der Waals surface area contributed by atoms with Gasteiger partial charge in [0.15, 0.2) is 0 Å². The summed E-state index contributed by atoms with van der Waals surface area (Å²) in [6, 6.07) is 14.3. The number of benzene rings is 1. The molecule has 3 rings (SSSR count). The molecule has 0 saturated heterocycles. The average molecular weight is 265 g/mol. The molecule has 0 aliphatic rings. The molecule has 0 fully saturated rings. The Balaban J connectivity index is 1.80. The smallest absolute Gasteiger partial charge is 0.145 e. The lowest BCUT2D eigenvalue weighted by atomic mass is 10.2. The molecule has 0 amide bonds. The van der Waals surface area contributed by atoms with E-state index in [-0.39, 0.29) is 0 Å². The first-order valence-corrected chi connectivity index (χ1v) is 6.80. The van der Waals surface area contributed by atoms with E-state index >= 15 is 0 Å². The van der Waals surface area contributed by atoms with E-state index in [2.05, 4.69) is 46.0 Å². The fourth-order valence-corrected chi connectivity index (χ4v) is 2.73. The second kappa shape index (κ2) is 5.09. The van der Waals surface area contributed by atoms with Crippen molar-refractivity contribution in [2.24, 2.45) is 0 Å². The first-order chi connectivity index (χ1) is 9.36. The molecule has 0 aliphatic heterocycles. The molecule has 0 atom stereocenters. The molecule has 2 heterocycles. The normalized spacial score (nSPS) is 10.3. The summed E-state index contributed by atoms with van der Waals surface area (Å²) in [6.45, 7) is 0.604. The highest BCUT2D eigenvalue weighted by Crippen LogP contribution is 2.24. The third-order valence-electron chi connectivity index (χ3n) is 2.93. The summed E-state index contributed by atoms with van der Waals surface area (Å²) in [5.41, 5.74) is 2.45. The first-order valence-electron chi connectivity index (χ1n) is 5.92. The zero-order valence-corrected chi connectivity index (χ0v) is 10.9. The van der Waals surface area contributed by atoms with Gasteiger partial charge in [-0.25, -0.2) is 4.98 Å². The van der Waals surface area contributed by atoms with Crippen molar-refractivity contribution in [1.29, 1.82) is 5.26 Å². The monoisotopic (exact) mass is 265 g/mol. The van der Waals surface area contributed by atoms with E-state index < -0.39 is 0 Å². The summed E-state index contributed by atoms with van der Waals surface area (Å²) in [6.07, 6.45) is 1.64. The topological polar surface area (TPSA) is 48.7 Å². The molecule has 3 aromatic rings. The molecule has 19 heavy (non-hydrogen) atoms. The van der Waals surface area contributed by atoms with E-state index in [1.54, 1.807) is 17.5 Å². The lowest BCUT2D eigenvalue weighted by molar-refractivity contribution is 1.09. The maximum Gasteiger partial charge on any atom is 0.145 e. The Kier molecular flexibility index (Phi) is 3.13. The minimum atomic E-state index is 0.478. The number of nitrogens with one attached hydrogen (secondary N) is 1. The van der Waals surface area contributed by atoms with Crippen LogP contribution in [0.4, 0.5) is 5.69 Å². The van der Waals surface area contributed by atoms with E-state index in [1.807, 2.05) is 12.1 Å². The Morgan fingerprint density at radius 3 is 3.11 bits per heavy atom. The lowest BCUT2D eigenvalue weighted by Gasteiger charge is -2.07. The highest BCUT2D eigenvalue weighted by Gasteiger charge is 2.02. The van der Waals surface area contributed by atoms with Crippen molar-refractivity contribution in [3.05, 3.63) is 59.2 Å². The van der Waals surface area contributed by atoms with Crippen molar-refractivity contribution < 1.29 is 0 Å². The van der Waals surface area contributed by atoms with Gasteiger partial charge in [-0.15, -0.1) is 11.3 Å². The molecule has 92 valence electrons. The van der Waals surface area contributed by atoms with E-state index in [1.165, 1.54) is 10.1 Å². The van der Waals surface area contributed by atoms with Crippen LogP contribution in [0.3, 0.4) is 0 Å². The molecule has 0 aliphatic carbocycles. The minimum absolute atomic E-state index is 0.478. The zero-order chi connectivity index (χ0) is 13.1. The number of nitrogens with zero attached hydrogens (tertiary/aromatic N) is 2. The van der Waals surface area contributed by atoms with Gasteiger partial charge in [0, 0.05) is 28.7 Å². The Hall–Kier alpha value is -2.38. The number of pyridine rings is 1. The third-order valence-corrected chi connectivity index (χ3v) is 3.83. The van der Waals surface area contributed by atoms with Crippen molar-refractivity contribution in [3.63, 3.8) is 0 Å². The molecule has 3 nitrogen and oxygen atoms in total. The van der Waals surface area contributed by atoms with Crippen LogP contribution in [0.25, 0.3) is 10.1 Å². The summed E-state index contributed by atoms with van der Waals surface area (Å²) in [5.74, 6) is 0. The van der Waals surface area contributed by atoms with E-state index in [0.29, 0.717) is 12.2 Å². The quantitative estimate of drug-likeness (QED) is 0.784. The van der Waals surface area contributed by atoms with Crippen LogP contribution in [0.1, 0.15) is 11.3 Å². The molecule has 1 aromatic carbocycles. The zero-order valence-electron chi connectivity index (χ0n) is 10.1. The summed E-state index contributed by atoms with van der Waals surface area (Å²) >= 11 is 1.74. The van der Waals surface area contributed by atoms with Crippen molar-refractivity contribution in [3.8, 4) is 6.07 Å². The molecular weight excluding hydrogens is 254 g/mol. The Morgan fingerprint density at radius 2 is 2.21 bits per heavy atom. The highest BCUT2D eigenvalue weighted by atomic mass is 32.1. The van der Waals surface area contributed by atoms with Gasteiger partial charge in [0.05, 0.1) is 0 Å². The number of rotatable bonds is 3. The number of fused-ring (bicyclic) bond motifs is 1. The number of hydrogen-bond donors (Lipinski definition) is 1. The van der Waals surface area contributed by atoms with Crippen LogP contribution in [-0.2, 0) is 6.54 Å². The molecule has 2 aromatic heterocycles. The van der Waals surface area contributed by atoms with Crippen LogP contribution in [0.5, 0.6) is 0 Å². The second-order valence-corrected chi connectivity index (χ2v) is 5.10. The van der Waals surface area contributed by atoms with Crippen LogP contribution >= 0.6 is 11.3 Å². The van der Waals surface area contributed by atoms with Gasteiger partial charge < -0.3 is 5.32 Å². The Labute approximate surface area is 115 Å². The van der Waals surface area contributed by atoms with E-state index in [9.17, 15) is 0 Å². The van der Waals surface area contributed by atoms with Gasteiger partial charge in [-0.1, -0.05) is 6.07 Å². The molecular formula is C15H11N3S. The van der Waals surface area contributed by atoms with Gasteiger partial charge in [-0.3, -0.25) is 0 Å². The minimum Gasteiger partial charge on any atom is -0.381 e. The molecule has 0 radical (unpaired) electrons. The molecule has 0 saturated carbocycles. The fourth-order valence-electron chi connectivity index (χ4n) is 1.96. The van der Waals surface area contributed by atoms with Gasteiger partial charge in [-0.2, -0.15) is 5.26 Å². The van der Waals surface area contributed by atoms with Crippen molar-refractivity contribution in [2.75, 3.05) is 5.32 Å². The van der Waals surface area contributed by atoms with Crippen molar-refractivity contribution in [1.82, 2.24) is 4.98 Å². The predicted molar refractivity (Wildman–Crippen MR) is 78.1 cm³/mol. The summed E-state index contributed by atoms with van der Waals surface area (Å²) in [5, 5.41) is 15.6. The maximum absolute atomic E-state index is 8.99. The summed E-state index contributed by atoms with van der Waals surface area (Å²) in [4.78, 5) is 4.05. The van der Waals surface area contributed by atoms with Gasteiger partial charge in [0.2, 0.25) is 0 Å². The van der Waals surface area contributed by atoms with Crippen LogP contribution < -0.4 is 5.32 Å². The molecule has 0 spiro atoms. The lowest BCUT2D eigenvalue weighted by Crippen LogP contribution is -2.02. The molecule has 4 heteroatoms. The number of nitriles is 1. The number of aromatic nitrogens is 1. The van der Waals surface area contributed by atoms with Crippen LogP contribution in [-0.4, -0.2) is 4.98 Å². The van der Waals surface area contributed by atoms with Crippen LogP contribution in [0, 0.1) is 11.3 Å². The molecule has 1 N–H and O–H groups in total. The van der Waals surface area contributed by atoms with Crippen LogP contribution in [0.2, 0.25) is 0 Å². The predicted octanol–water partition coefficient (Wildman–Crippen LogP) is 3.78. The standard InChI is InChI=1S/C15H11N3S/c16-9-14-12(2-1-6-17-14)10-18-13-3-4-15-11(8-13)5-7-19-15/h1-8,18H,10H2. The SMILES string of the molecule is N#Cc1ncccc1CNc1ccc2sccc2c1. The van der Waals surface area contributed by atoms with Gasteiger partial charge in [0.1, 0.15) is 11.8 Å². The third kappa shape index (κ3) is 2.42. The molecule has 0 bridgehead atoms. The van der Waals surface area contributed by atoms with Gasteiger partial charge >= 0.3 is 0 Å². The number of anilines is 1. The van der Waals surface area contributed by atoms with Gasteiger partial charge in [-0.05, 0) is 41.1 Å². The number of hydrogen-bond acceptors (Lipinski definition) is 4. The van der Waals surface area contributed by atoms with Crippen molar-refractivity contribution >= 4 is 27.1 Å². The average Bonchev–Trinajstić information content (AvgIpc) is 2.93.